The van der Waals surface area contributed by atoms with Crippen LogP contribution in [0.2, 0.25) is 0 Å². The number of hydrogen-bond donors (Lipinski definition) is 1. The summed E-state index contributed by atoms with van der Waals surface area (Å²) in [4.78, 5) is 41.7. The van der Waals surface area contributed by atoms with E-state index < -0.39 is 28.5 Å². The smallest absolute Gasteiger partial charge is 0.244 e. The van der Waals surface area contributed by atoms with Gasteiger partial charge in [0.25, 0.3) is 0 Å². The molecule has 1 fully saturated rings. The Labute approximate surface area is 248 Å². The Bertz CT molecular complexity index is 1520. The summed E-state index contributed by atoms with van der Waals surface area (Å²) in [5, 5.41) is 3.17. The lowest BCUT2D eigenvalue weighted by molar-refractivity contribution is -0.140. The van der Waals surface area contributed by atoms with Crippen molar-refractivity contribution >= 4 is 33.3 Å². The van der Waals surface area contributed by atoms with E-state index in [1.165, 1.54) is 17.9 Å². The van der Waals surface area contributed by atoms with E-state index in [2.05, 4.69) is 5.32 Å². The number of rotatable bonds is 12. The number of hydrogen-bond acceptors (Lipinski definition) is 5. The SMILES string of the molecule is CC(=O)c1cccc(N(CC(=O)N(Cc2ccccc2C)[C@H](Cc2ccccc2)C(=O)NC2CCCC2)S(C)(=O)=O)c1. The summed E-state index contributed by atoms with van der Waals surface area (Å²) < 4.78 is 27.0. The maximum Gasteiger partial charge on any atom is 0.244 e. The lowest BCUT2D eigenvalue weighted by atomic mass is 10.0. The highest BCUT2D eigenvalue weighted by atomic mass is 32.2. The average Bonchev–Trinajstić information content (AvgIpc) is 3.47. The molecule has 0 unspecified atom stereocenters. The molecule has 1 N–H and O–H groups in total. The molecule has 0 heterocycles. The number of sulfonamides is 1. The van der Waals surface area contributed by atoms with E-state index in [4.69, 9.17) is 0 Å². The van der Waals surface area contributed by atoms with Gasteiger partial charge in [-0.3, -0.25) is 18.7 Å². The molecule has 0 saturated heterocycles. The first-order valence-electron chi connectivity index (χ1n) is 14.3. The Kier molecular flexibility index (Phi) is 10.2. The summed E-state index contributed by atoms with van der Waals surface area (Å²) in [5.74, 6) is -0.985. The second kappa shape index (κ2) is 13.8. The first-order valence-corrected chi connectivity index (χ1v) is 16.1. The molecule has 4 rings (SSSR count). The molecule has 0 aromatic heterocycles. The summed E-state index contributed by atoms with van der Waals surface area (Å²) in [5.41, 5.74) is 3.26. The lowest BCUT2D eigenvalue weighted by Crippen LogP contribution is -2.54. The fourth-order valence-electron chi connectivity index (χ4n) is 5.39. The molecule has 1 saturated carbocycles. The van der Waals surface area contributed by atoms with E-state index in [1.54, 1.807) is 18.2 Å². The third kappa shape index (κ3) is 8.06. The highest BCUT2D eigenvalue weighted by Crippen LogP contribution is 2.23. The van der Waals surface area contributed by atoms with Crippen LogP contribution in [0.5, 0.6) is 0 Å². The number of amides is 2. The number of benzene rings is 3. The zero-order valence-electron chi connectivity index (χ0n) is 24.5. The molecule has 1 aliphatic carbocycles. The van der Waals surface area contributed by atoms with Crippen LogP contribution >= 0.6 is 0 Å². The fourth-order valence-corrected chi connectivity index (χ4v) is 6.23. The number of aryl methyl sites for hydroxylation is 1. The van der Waals surface area contributed by atoms with Crippen LogP contribution in [0.15, 0.2) is 78.9 Å². The zero-order valence-corrected chi connectivity index (χ0v) is 25.3. The predicted molar refractivity (Wildman–Crippen MR) is 165 cm³/mol. The molecule has 0 radical (unpaired) electrons. The molecule has 3 aromatic rings. The van der Waals surface area contributed by atoms with Gasteiger partial charge in [-0.15, -0.1) is 0 Å². The molecule has 0 aliphatic heterocycles. The molecular formula is C33H39N3O5S. The van der Waals surface area contributed by atoms with Crippen LogP contribution in [-0.2, 0) is 32.6 Å². The van der Waals surface area contributed by atoms with Gasteiger partial charge >= 0.3 is 0 Å². The molecule has 1 aliphatic rings. The lowest BCUT2D eigenvalue weighted by Gasteiger charge is -2.34. The molecule has 222 valence electrons. The minimum Gasteiger partial charge on any atom is -0.352 e. The first-order chi connectivity index (χ1) is 20.0. The van der Waals surface area contributed by atoms with Crippen molar-refractivity contribution in [1.29, 1.82) is 0 Å². The number of ketones is 1. The van der Waals surface area contributed by atoms with Crippen molar-refractivity contribution in [3.8, 4) is 0 Å². The molecule has 8 nitrogen and oxygen atoms in total. The van der Waals surface area contributed by atoms with E-state index in [9.17, 15) is 22.8 Å². The van der Waals surface area contributed by atoms with Crippen molar-refractivity contribution < 1.29 is 22.8 Å². The van der Waals surface area contributed by atoms with Crippen LogP contribution in [0.4, 0.5) is 5.69 Å². The number of carbonyl (C=O) groups is 3. The molecular weight excluding hydrogens is 550 g/mol. The van der Waals surface area contributed by atoms with Crippen LogP contribution in [0, 0.1) is 6.92 Å². The van der Waals surface area contributed by atoms with Crippen molar-refractivity contribution in [2.75, 3.05) is 17.1 Å². The third-order valence-electron chi connectivity index (χ3n) is 7.79. The molecule has 42 heavy (non-hydrogen) atoms. The summed E-state index contributed by atoms with van der Waals surface area (Å²) >= 11 is 0. The van der Waals surface area contributed by atoms with E-state index in [-0.39, 0.29) is 36.4 Å². The standard InChI is InChI=1S/C33H39N3O5S/c1-24-12-7-8-15-28(24)22-35(31(20-26-13-5-4-6-14-26)33(39)34-29-17-9-10-18-29)32(38)23-36(42(3,40)41)30-19-11-16-27(21-30)25(2)37/h4-8,11-16,19,21,29,31H,9-10,17-18,20,22-23H2,1-3H3,(H,34,39)/t31-/m1/s1. The van der Waals surface area contributed by atoms with Crippen molar-refractivity contribution in [2.24, 2.45) is 0 Å². The molecule has 0 spiro atoms. The van der Waals surface area contributed by atoms with Gasteiger partial charge in [0.15, 0.2) is 5.78 Å². The minimum atomic E-state index is -3.92. The van der Waals surface area contributed by atoms with Gasteiger partial charge in [-0.1, -0.05) is 79.6 Å². The van der Waals surface area contributed by atoms with Gasteiger partial charge < -0.3 is 10.2 Å². The largest absolute Gasteiger partial charge is 0.352 e. The monoisotopic (exact) mass is 589 g/mol. The number of carbonyl (C=O) groups excluding carboxylic acids is 3. The third-order valence-corrected chi connectivity index (χ3v) is 8.94. The van der Waals surface area contributed by atoms with Gasteiger partial charge in [-0.05, 0) is 55.5 Å². The second-order valence-electron chi connectivity index (χ2n) is 11.0. The molecule has 1 atom stereocenters. The van der Waals surface area contributed by atoms with Crippen LogP contribution in [0.3, 0.4) is 0 Å². The van der Waals surface area contributed by atoms with Crippen molar-refractivity contribution in [3.63, 3.8) is 0 Å². The van der Waals surface area contributed by atoms with Gasteiger partial charge in [0.05, 0.1) is 11.9 Å². The average molecular weight is 590 g/mol. The van der Waals surface area contributed by atoms with Crippen LogP contribution < -0.4 is 9.62 Å². The quantitative estimate of drug-likeness (QED) is 0.310. The first kappa shape index (κ1) is 31.0. The Hall–Kier alpha value is -3.98. The highest BCUT2D eigenvalue weighted by molar-refractivity contribution is 7.92. The summed E-state index contributed by atoms with van der Waals surface area (Å²) in [6, 6.07) is 22.6. The topological polar surface area (TPSA) is 104 Å². The van der Waals surface area contributed by atoms with E-state index in [0.717, 1.165) is 52.9 Å². The minimum absolute atomic E-state index is 0.0491. The van der Waals surface area contributed by atoms with Crippen LogP contribution in [0.1, 0.15) is 59.7 Å². The Morgan fingerprint density at radius 2 is 1.60 bits per heavy atom. The molecule has 3 aromatic carbocycles. The Balaban J connectivity index is 1.74. The summed E-state index contributed by atoms with van der Waals surface area (Å²) in [6.45, 7) is 2.95. The Morgan fingerprint density at radius 1 is 0.929 bits per heavy atom. The maximum atomic E-state index is 14.3. The van der Waals surface area contributed by atoms with Crippen LogP contribution in [-0.4, -0.2) is 55.8 Å². The number of nitrogens with zero attached hydrogens (tertiary/aromatic N) is 2. The zero-order chi connectivity index (χ0) is 30.3. The fraction of sp³-hybridized carbons (Fsp3) is 0.364. The van der Waals surface area contributed by atoms with Crippen molar-refractivity contribution in [3.05, 3.63) is 101 Å². The number of nitrogens with one attached hydrogen (secondary N) is 1. The van der Waals surface area contributed by atoms with Gasteiger partial charge in [0, 0.05) is 24.6 Å². The van der Waals surface area contributed by atoms with E-state index in [1.807, 2.05) is 61.5 Å². The molecule has 2 amide bonds. The van der Waals surface area contributed by atoms with Gasteiger partial charge in [0.1, 0.15) is 12.6 Å². The molecule has 9 heteroatoms. The second-order valence-corrected chi connectivity index (χ2v) is 12.9. The highest BCUT2D eigenvalue weighted by Gasteiger charge is 2.34. The predicted octanol–water partition coefficient (Wildman–Crippen LogP) is 4.66. The normalized spacial score (nSPS) is 14.3. The van der Waals surface area contributed by atoms with Gasteiger partial charge in [-0.25, -0.2) is 8.42 Å². The van der Waals surface area contributed by atoms with E-state index in [0.29, 0.717) is 5.56 Å². The van der Waals surface area contributed by atoms with Gasteiger partial charge in [0.2, 0.25) is 21.8 Å². The van der Waals surface area contributed by atoms with E-state index >= 15 is 0 Å². The van der Waals surface area contributed by atoms with Crippen molar-refractivity contribution in [1.82, 2.24) is 10.2 Å². The maximum absolute atomic E-state index is 14.3. The van der Waals surface area contributed by atoms with Crippen molar-refractivity contribution in [2.45, 2.75) is 64.6 Å². The number of anilines is 1. The van der Waals surface area contributed by atoms with Crippen LogP contribution in [0.25, 0.3) is 0 Å². The number of Topliss-reactive ketones (excluding diaryl/α,β-unsaturated/α-hetero) is 1. The Morgan fingerprint density at radius 3 is 2.24 bits per heavy atom. The molecule has 0 bridgehead atoms. The van der Waals surface area contributed by atoms with Gasteiger partial charge in [-0.2, -0.15) is 0 Å². The summed E-state index contributed by atoms with van der Waals surface area (Å²) in [7, 11) is -3.92. The summed E-state index contributed by atoms with van der Waals surface area (Å²) in [6.07, 6.45) is 5.18.